The third-order valence-electron chi connectivity index (χ3n) is 2.89. The molecule has 4 heteroatoms. The molecular formula is C15H18P2SSe. The van der Waals surface area contributed by atoms with Gasteiger partial charge in [0.1, 0.15) is 0 Å². The second kappa shape index (κ2) is 6.21. The predicted molar refractivity (Wildman–Crippen MR) is 95.8 cm³/mol. The standard InChI is InChI=1S/C15H18P2SSe/c1-16(2,19)13-17(18,14-9-5-3-6-10-14)15-11-7-4-8-12-15/h3-12H,13H2,1-2H3. The van der Waals surface area contributed by atoms with Gasteiger partial charge in [-0.1, -0.05) is 0 Å². The van der Waals surface area contributed by atoms with Gasteiger partial charge in [-0.25, -0.2) is 0 Å². The van der Waals surface area contributed by atoms with Crippen molar-refractivity contribution < 1.29 is 0 Å². The third kappa shape index (κ3) is 4.01. The quantitative estimate of drug-likeness (QED) is 0.586. The molecule has 0 aromatic heterocycles. The van der Waals surface area contributed by atoms with Gasteiger partial charge in [0.25, 0.3) is 0 Å². The Morgan fingerprint density at radius 3 is 1.53 bits per heavy atom. The Kier molecular flexibility index (Phi) is 5.04. The van der Waals surface area contributed by atoms with Crippen molar-refractivity contribution in [2.45, 2.75) is 0 Å². The van der Waals surface area contributed by atoms with Crippen LogP contribution in [0.3, 0.4) is 0 Å². The van der Waals surface area contributed by atoms with E-state index in [9.17, 15) is 0 Å². The van der Waals surface area contributed by atoms with Crippen LogP contribution in [0, 0.1) is 0 Å². The molecule has 0 fully saturated rings. The van der Waals surface area contributed by atoms with Crippen molar-refractivity contribution in [3.05, 3.63) is 60.7 Å². The second-order valence-electron chi connectivity index (χ2n) is 5.13. The average molecular weight is 371 g/mol. The Labute approximate surface area is 128 Å². The molecule has 0 aliphatic heterocycles. The topological polar surface area (TPSA) is 0 Å². The molecule has 0 heterocycles. The summed E-state index contributed by atoms with van der Waals surface area (Å²) in [6.45, 7) is 4.67. The first-order valence-electron chi connectivity index (χ1n) is 6.16. The maximum absolute atomic E-state index is 6.20. The monoisotopic (exact) mass is 372 g/mol. The molecule has 0 unspecified atom stereocenters. The first kappa shape index (κ1) is 15.4. The first-order chi connectivity index (χ1) is 8.92. The molecule has 0 bridgehead atoms. The molecule has 2 aromatic carbocycles. The minimum absolute atomic E-state index is 1.05. The van der Waals surface area contributed by atoms with E-state index in [1.165, 1.54) is 10.6 Å². The van der Waals surface area contributed by atoms with Crippen LogP contribution in [0.4, 0.5) is 0 Å². The summed E-state index contributed by atoms with van der Waals surface area (Å²) in [7, 11) is 0. The van der Waals surface area contributed by atoms with Gasteiger partial charge >= 0.3 is 129 Å². The van der Waals surface area contributed by atoms with Crippen LogP contribution in [-0.4, -0.2) is 34.3 Å². The Balaban J connectivity index is 2.58. The van der Waals surface area contributed by atoms with Crippen molar-refractivity contribution >= 4 is 49.1 Å². The van der Waals surface area contributed by atoms with E-state index in [4.69, 9.17) is 11.8 Å². The average Bonchev–Trinajstić information content (AvgIpc) is 2.39. The van der Waals surface area contributed by atoms with E-state index in [0.29, 0.717) is 0 Å². The van der Waals surface area contributed by atoms with E-state index in [2.05, 4.69) is 89.1 Å². The molecule has 2 rings (SSSR count). The van der Waals surface area contributed by atoms with E-state index >= 15 is 0 Å². The summed E-state index contributed by atoms with van der Waals surface area (Å²) in [5, 5.41) is 2.67. The van der Waals surface area contributed by atoms with Crippen LogP contribution in [0.15, 0.2) is 60.7 Å². The summed E-state index contributed by atoms with van der Waals surface area (Å²) in [5.74, 6) is 1.11. The summed E-state index contributed by atoms with van der Waals surface area (Å²) in [5.41, 5.74) is -1.05. The maximum atomic E-state index is 6.20. The van der Waals surface area contributed by atoms with Gasteiger partial charge in [-0.3, -0.25) is 0 Å². The molecule has 0 amide bonds. The summed E-state index contributed by atoms with van der Waals surface area (Å²) in [6, 6.07) is 19.6. The zero-order valence-corrected chi connectivity index (χ0v) is 15.5. The van der Waals surface area contributed by atoms with Crippen LogP contribution in [0.2, 0.25) is 0 Å². The van der Waals surface area contributed by atoms with E-state index in [1.807, 2.05) is 0 Å². The van der Waals surface area contributed by atoms with Crippen molar-refractivity contribution in [2.75, 3.05) is 19.2 Å². The zero-order valence-electron chi connectivity index (χ0n) is 11.2. The Morgan fingerprint density at radius 1 is 0.842 bits per heavy atom. The Hall–Kier alpha value is 0.0395. The second-order valence-corrected chi connectivity index (χ2v) is 20.0. The van der Waals surface area contributed by atoms with E-state index in [-0.39, 0.29) is 0 Å². The number of hydrogen-bond acceptors (Lipinski definition) is 1. The molecule has 0 aliphatic rings. The van der Waals surface area contributed by atoms with Gasteiger partial charge in [0.05, 0.1) is 0 Å². The fraction of sp³-hybridized carbons (Fsp3) is 0.200. The predicted octanol–water partition coefficient (Wildman–Crippen LogP) is 3.44. The summed E-state index contributed by atoms with van der Waals surface area (Å²) >= 11 is 9.59. The molecule has 0 saturated carbocycles. The van der Waals surface area contributed by atoms with Crippen molar-refractivity contribution in [3.63, 3.8) is 0 Å². The molecule has 19 heavy (non-hydrogen) atoms. The Bertz CT molecular complexity index is 588. The van der Waals surface area contributed by atoms with Gasteiger partial charge in [0.15, 0.2) is 0 Å². The fourth-order valence-corrected chi connectivity index (χ4v) is 17.0. The van der Waals surface area contributed by atoms with Crippen LogP contribution in [0.5, 0.6) is 0 Å². The summed E-state index contributed by atoms with van der Waals surface area (Å²) in [4.78, 5) is 0. The fourth-order valence-electron chi connectivity index (χ4n) is 2.13. The van der Waals surface area contributed by atoms with E-state index in [1.54, 1.807) is 0 Å². The molecule has 0 aliphatic carbocycles. The number of benzene rings is 2. The summed E-state index contributed by atoms with van der Waals surface area (Å²) in [6.07, 6.45) is 0. The van der Waals surface area contributed by atoms with Crippen molar-refractivity contribution in [1.29, 1.82) is 0 Å². The van der Waals surface area contributed by atoms with E-state index in [0.717, 1.165) is 5.90 Å². The van der Waals surface area contributed by atoms with Crippen LogP contribution in [0.25, 0.3) is 0 Å². The van der Waals surface area contributed by atoms with Crippen LogP contribution < -0.4 is 10.6 Å². The summed E-state index contributed by atoms with van der Waals surface area (Å²) < 4.78 is 0. The van der Waals surface area contributed by atoms with Crippen molar-refractivity contribution in [1.82, 2.24) is 0 Å². The molecule has 100 valence electrons. The van der Waals surface area contributed by atoms with Crippen molar-refractivity contribution in [3.8, 4) is 0 Å². The van der Waals surface area contributed by atoms with Gasteiger partial charge in [-0.15, -0.1) is 0 Å². The molecule has 0 spiro atoms. The van der Waals surface area contributed by atoms with Crippen molar-refractivity contribution in [2.24, 2.45) is 0 Å². The van der Waals surface area contributed by atoms with E-state index < -0.39 is 11.5 Å². The molecular weight excluding hydrogens is 353 g/mol. The number of rotatable bonds is 4. The Morgan fingerprint density at radius 2 is 1.21 bits per heavy atom. The van der Waals surface area contributed by atoms with Crippen LogP contribution in [0.1, 0.15) is 0 Å². The van der Waals surface area contributed by atoms with Crippen LogP contribution in [-0.2, 0) is 11.8 Å². The molecule has 0 radical (unpaired) electrons. The van der Waals surface area contributed by atoms with Crippen LogP contribution >= 0.6 is 11.5 Å². The first-order valence-corrected chi connectivity index (χ1v) is 14.2. The van der Waals surface area contributed by atoms with Gasteiger partial charge in [0.2, 0.25) is 0 Å². The van der Waals surface area contributed by atoms with Gasteiger partial charge < -0.3 is 0 Å². The molecule has 0 N–H and O–H groups in total. The van der Waals surface area contributed by atoms with Gasteiger partial charge in [0, 0.05) is 0 Å². The normalized spacial score (nSPS) is 12.3. The molecule has 2 aromatic rings. The zero-order chi connectivity index (χ0) is 13.9. The van der Waals surface area contributed by atoms with Gasteiger partial charge in [-0.2, -0.15) is 0 Å². The molecule has 0 nitrogen and oxygen atoms in total. The minimum atomic E-state index is -1.69. The number of hydrogen-bond donors (Lipinski definition) is 0. The SMILES string of the molecule is CP(C)(=[Se])CP(=S)(c1ccccc1)c1ccccc1. The molecule has 0 saturated heterocycles. The van der Waals surface area contributed by atoms with Gasteiger partial charge in [-0.05, 0) is 0 Å². The third-order valence-corrected chi connectivity index (χ3v) is 14.0. The molecule has 0 atom stereocenters.